The summed E-state index contributed by atoms with van der Waals surface area (Å²) in [6, 6.07) is 3.48. The first kappa shape index (κ1) is 32.2. The van der Waals surface area contributed by atoms with Gasteiger partial charge in [0.15, 0.2) is 6.61 Å². The van der Waals surface area contributed by atoms with Gasteiger partial charge in [-0.25, -0.2) is 4.79 Å². The van der Waals surface area contributed by atoms with E-state index in [1.807, 2.05) is 0 Å². The fourth-order valence-corrected chi connectivity index (χ4v) is 4.00. The third-order valence-corrected chi connectivity index (χ3v) is 5.98. The molecular weight excluding hydrogens is 541 g/mol. The van der Waals surface area contributed by atoms with Gasteiger partial charge in [-0.2, -0.15) is 13.2 Å². The molecule has 1 unspecified atom stereocenters. The summed E-state index contributed by atoms with van der Waals surface area (Å²) in [6.07, 6.45) is 1.31. The fraction of sp³-hybridized carbons (Fsp3) is 0.520. The molecule has 2 aliphatic heterocycles. The number of rotatable bonds is 12. The van der Waals surface area contributed by atoms with Gasteiger partial charge in [-0.1, -0.05) is 31.7 Å². The monoisotopic (exact) mass is 572 g/mol. The molecule has 1 aromatic carbocycles. The normalized spacial score (nSPS) is 16.6. The Morgan fingerprint density at radius 1 is 1.05 bits per heavy atom. The third kappa shape index (κ3) is 9.03. The zero-order valence-electron chi connectivity index (χ0n) is 21.6. The van der Waals surface area contributed by atoms with Crippen molar-refractivity contribution in [3.05, 3.63) is 29.3 Å². The SMILES string of the molecule is NCCCCCCCCNC(=O)COc1cccc2c1C(=O)N(C1CCC(=O)NC1=O)C2=O.O=C(O)C(F)(F)F. The molecule has 12 nitrogen and oxygen atoms in total. The summed E-state index contributed by atoms with van der Waals surface area (Å²) in [6.45, 7) is 0.953. The number of benzene rings is 1. The third-order valence-electron chi connectivity index (χ3n) is 5.98. The summed E-state index contributed by atoms with van der Waals surface area (Å²) in [5.74, 6) is -5.38. The highest BCUT2D eigenvalue weighted by molar-refractivity contribution is 6.24. The molecule has 0 radical (unpaired) electrons. The van der Waals surface area contributed by atoms with E-state index in [-0.39, 0.29) is 42.2 Å². The minimum absolute atomic E-state index is 0.0254. The molecule has 0 saturated carbocycles. The first-order chi connectivity index (χ1) is 18.9. The Balaban J connectivity index is 0.000000708. The van der Waals surface area contributed by atoms with Crippen molar-refractivity contribution in [1.82, 2.24) is 15.5 Å². The van der Waals surface area contributed by atoms with Crippen molar-refractivity contribution in [2.75, 3.05) is 19.7 Å². The Kier molecular flexibility index (Phi) is 12.0. The molecule has 1 saturated heterocycles. The predicted molar refractivity (Wildman–Crippen MR) is 132 cm³/mol. The quantitative estimate of drug-likeness (QED) is 0.213. The Bertz CT molecular complexity index is 1130. The van der Waals surface area contributed by atoms with Crippen molar-refractivity contribution < 1.29 is 51.8 Å². The standard InChI is InChI=1S/C23H30N4O6.C2HF3O2/c24-12-5-3-1-2-4-6-13-25-19(29)14-33-17-9-7-8-15-20(17)23(32)27(22(15)31)16-10-11-18(28)26-21(16)30;3-2(4,5)1(6)7/h7-9,16H,1-6,10-14,24H2,(H,25,29)(H,26,28,30);(H,6,7). The largest absolute Gasteiger partial charge is 0.490 e. The summed E-state index contributed by atoms with van der Waals surface area (Å²) in [5, 5.41) is 12.1. The van der Waals surface area contributed by atoms with Gasteiger partial charge in [-0.15, -0.1) is 0 Å². The van der Waals surface area contributed by atoms with Crippen molar-refractivity contribution in [2.45, 2.75) is 63.6 Å². The number of nitrogens with two attached hydrogens (primary N) is 1. The number of alkyl halides is 3. The Morgan fingerprint density at radius 2 is 1.68 bits per heavy atom. The molecule has 0 bridgehead atoms. The molecule has 2 aliphatic rings. The van der Waals surface area contributed by atoms with Crippen molar-refractivity contribution in [3.63, 3.8) is 0 Å². The molecule has 1 atom stereocenters. The number of nitrogens with one attached hydrogen (secondary N) is 2. The van der Waals surface area contributed by atoms with Crippen LogP contribution in [0.2, 0.25) is 0 Å². The van der Waals surface area contributed by atoms with E-state index >= 15 is 0 Å². The molecular formula is C25H31F3N4O8. The van der Waals surface area contributed by atoms with E-state index in [2.05, 4.69) is 10.6 Å². The predicted octanol–water partition coefficient (Wildman–Crippen LogP) is 1.52. The van der Waals surface area contributed by atoms with Crippen LogP contribution in [0.5, 0.6) is 5.75 Å². The number of piperidine rings is 1. The minimum atomic E-state index is -5.08. The number of hydrogen-bond donors (Lipinski definition) is 4. The van der Waals surface area contributed by atoms with Crippen molar-refractivity contribution in [1.29, 1.82) is 0 Å². The van der Waals surface area contributed by atoms with Gasteiger partial charge in [0.05, 0.1) is 11.1 Å². The molecule has 1 aromatic rings. The minimum Gasteiger partial charge on any atom is -0.483 e. The highest BCUT2D eigenvalue weighted by Crippen LogP contribution is 2.33. The maximum absolute atomic E-state index is 13.0. The lowest BCUT2D eigenvalue weighted by atomic mass is 10.0. The zero-order chi connectivity index (χ0) is 29.9. The zero-order valence-corrected chi connectivity index (χ0v) is 21.6. The fourth-order valence-electron chi connectivity index (χ4n) is 4.00. The van der Waals surface area contributed by atoms with E-state index in [4.69, 9.17) is 20.4 Å². The van der Waals surface area contributed by atoms with Crippen LogP contribution in [0.15, 0.2) is 18.2 Å². The van der Waals surface area contributed by atoms with Crippen LogP contribution in [-0.2, 0) is 19.2 Å². The molecule has 15 heteroatoms. The second kappa shape index (κ2) is 15.0. The highest BCUT2D eigenvalue weighted by Gasteiger charge is 2.46. The van der Waals surface area contributed by atoms with Crippen LogP contribution in [0, 0.1) is 0 Å². The lowest BCUT2D eigenvalue weighted by Gasteiger charge is -2.27. The number of fused-ring (bicyclic) bond motifs is 1. The molecule has 220 valence electrons. The Morgan fingerprint density at radius 3 is 2.27 bits per heavy atom. The number of carboxylic acid groups (broad SMARTS) is 1. The van der Waals surface area contributed by atoms with E-state index in [0.29, 0.717) is 6.54 Å². The van der Waals surface area contributed by atoms with Gasteiger partial charge in [-0.05, 0) is 37.9 Å². The average Bonchev–Trinajstić information content (AvgIpc) is 3.14. The van der Waals surface area contributed by atoms with E-state index in [1.165, 1.54) is 12.1 Å². The summed E-state index contributed by atoms with van der Waals surface area (Å²) in [4.78, 5) is 71.3. The number of hydrogen-bond acceptors (Lipinski definition) is 8. The van der Waals surface area contributed by atoms with Crippen LogP contribution < -0.4 is 21.1 Å². The topological polar surface area (TPSA) is 185 Å². The average molecular weight is 573 g/mol. The number of aliphatic carboxylic acids is 1. The number of halogens is 3. The lowest BCUT2D eigenvalue weighted by molar-refractivity contribution is -0.192. The number of carboxylic acids is 1. The van der Waals surface area contributed by atoms with Gasteiger partial charge in [0.2, 0.25) is 11.8 Å². The van der Waals surface area contributed by atoms with E-state index in [1.54, 1.807) is 6.07 Å². The lowest BCUT2D eigenvalue weighted by Crippen LogP contribution is -2.54. The van der Waals surface area contributed by atoms with E-state index < -0.39 is 41.8 Å². The van der Waals surface area contributed by atoms with Crippen LogP contribution in [0.3, 0.4) is 0 Å². The molecule has 40 heavy (non-hydrogen) atoms. The molecule has 2 heterocycles. The second-order valence-electron chi connectivity index (χ2n) is 8.98. The molecule has 0 aromatic heterocycles. The Hall–Kier alpha value is -4.01. The van der Waals surface area contributed by atoms with Gasteiger partial charge in [-0.3, -0.25) is 34.2 Å². The van der Waals surface area contributed by atoms with Crippen LogP contribution in [-0.4, -0.2) is 77.4 Å². The number of imide groups is 2. The van der Waals surface area contributed by atoms with E-state index in [0.717, 1.165) is 50.0 Å². The smallest absolute Gasteiger partial charge is 0.483 e. The van der Waals surface area contributed by atoms with Gasteiger partial charge in [0, 0.05) is 13.0 Å². The highest BCUT2D eigenvalue weighted by atomic mass is 19.4. The maximum atomic E-state index is 13.0. The number of carbonyl (C=O) groups is 6. The van der Waals surface area contributed by atoms with Gasteiger partial charge >= 0.3 is 12.1 Å². The van der Waals surface area contributed by atoms with Gasteiger partial charge in [0.1, 0.15) is 11.8 Å². The van der Waals surface area contributed by atoms with Gasteiger partial charge < -0.3 is 20.9 Å². The molecule has 0 aliphatic carbocycles. The molecule has 5 amide bonds. The number of amides is 5. The van der Waals surface area contributed by atoms with Crippen LogP contribution in [0.25, 0.3) is 0 Å². The number of carbonyl (C=O) groups excluding carboxylic acids is 5. The van der Waals surface area contributed by atoms with Crippen molar-refractivity contribution >= 4 is 35.5 Å². The molecule has 1 fully saturated rings. The summed E-state index contributed by atoms with van der Waals surface area (Å²) in [5.41, 5.74) is 5.60. The summed E-state index contributed by atoms with van der Waals surface area (Å²) in [7, 11) is 0. The number of ether oxygens (including phenoxy) is 1. The van der Waals surface area contributed by atoms with Gasteiger partial charge in [0.25, 0.3) is 17.7 Å². The van der Waals surface area contributed by atoms with Crippen LogP contribution >= 0.6 is 0 Å². The van der Waals surface area contributed by atoms with Crippen molar-refractivity contribution in [2.24, 2.45) is 5.73 Å². The first-order valence-corrected chi connectivity index (χ1v) is 12.6. The number of unbranched alkanes of at least 4 members (excludes halogenated alkanes) is 5. The van der Waals surface area contributed by atoms with Crippen LogP contribution in [0.4, 0.5) is 13.2 Å². The molecule has 0 spiro atoms. The van der Waals surface area contributed by atoms with Crippen LogP contribution in [0.1, 0.15) is 72.1 Å². The molecule has 5 N–H and O–H groups in total. The Labute approximate surface area is 227 Å². The first-order valence-electron chi connectivity index (χ1n) is 12.6. The van der Waals surface area contributed by atoms with Crippen molar-refractivity contribution in [3.8, 4) is 5.75 Å². The summed E-state index contributed by atoms with van der Waals surface area (Å²) < 4.78 is 37.3. The number of nitrogens with zero attached hydrogens (tertiary/aromatic N) is 1. The molecule has 3 rings (SSSR count). The maximum Gasteiger partial charge on any atom is 0.490 e. The second-order valence-corrected chi connectivity index (χ2v) is 8.98. The van der Waals surface area contributed by atoms with E-state index in [9.17, 15) is 37.1 Å². The summed E-state index contributed by atoms with van der Waals surface area (Å²) >= 11 is 0.